The smallest absolute Gasteiger partial charge is 0.321 e. The molecule has 1 atom stereocenters. The molecule has 1 aliphatic rings. The van der Waals surface area contributed by atoms with Gasteiger partial charge in [-0.15, -0.1) is 0 Å². The van der Waals surface area contributed by atoms with Gasteiger partial charge in [0.1, 0.15) is 0 Å². The average Bonchev–Trinajstić information content (AvgIpc) is 3.03. The van der Waals surface area contributed by atoms with Gasteiger partial charge >= 0.3 is 6.03 Å². The van der Waals surface area contributed by atoms with Crippen LogP contribution in [0.15, 0.2) is 48.5 Å². The number of nitrogens with zero attached hydrogens (tertiary/aromatic N) is 2. The molecule has 0 spiro atoms. The van der Waals surface area contributed by atoms with E-state index in [2.05, 4.69) is 17.4 Å². The molecular weight excluding hydrogens is 318 g/mol. The van der Waals surface area contributed by atoms with Gasteiger partial charge in [-0.05, 0) is 43.9 Å². The van der Waals surface area contributed by atoms with Crippen molar-refractivity contribution in [3.8, 4) is 0 Å². The normalized spacial score (nSPS) is 16.7. The number of nitro groups is 1. The lowest BCUT2D eigenvalue weighted by atomic mass is 10.0. The molecule has 2 aromatic carbocycles. The Balaban J connectivity index is 1.67. The van der Waals surface area contributed by atoms with Crippen molar-refractivity contribution in [2.75, 3.05) is 11.9 Å². The topological polar surface area (TPSA) is 75.5 Å². The van der Waals surface area contributed by atoms with Crippen molar-refractivity contribution in [2.24, 2.45) is 0 Å². The summed E-state index contributed by atoms with van der Waals surface area (Å²) >= 11 is 0. The SMILES string of the molecule is Cc1cc(NC(=O)N2CCCC2Cc2ccccc2)ccc1[N+](=O)[O-]. The van der Waals surface area contributed by atoms with E-state index >= 15 is 0 Å². The molecular formula is C19H21N3O3. The third-order valence-electron chi connectivity index (χ3n) is 4.60. The highest BCUT2D eigenvalue weighted by molar-refractivity contribution is 5.90. The predicted octanol–water partition coefficient (Wildman–Crippen LogP) is 4.14. The number of aryl methyl sites for hydroxylation is 1. The summed E-state index contributed by atoms with van der Waals surface area (Å²) in [6, 6.07) is 14.8. The van der Waals surface area contributed by atoms with Crippen molar-refractivity contribution in [2.45, 2.75) is 32.2 Å². The van der Waals surface area contributed by atoms with Gasteiger partial charge in [0.05, 0.1) is 4.92 Å². The minimum Gasteiger partial charge on any atom is -0.321 e. The van der Waals surface area contributed by atoms with Crippen molar-refractivity contribution in [3.63, 3.8) is 0 Å². The van der Waals surface area contributed by atoms with Crippen LogP contribution in [0.3, 0.4) is 0 Å². The first-order valence-electron chi connectivity index (χ1n) is 8.41. The van der Waals surface area contributed by atoms with Crippen LogP contribution in [0.5, 0.6) is 0 Å². The summed E-state index contributed by atoms with van der Waals surface area (Å²) in [6.07, 6.45) is 2.82. The Labute approximate surface area is 146 Å². The second kappa shape index (κ2) is 7.34. The molecule has 1 aliphatic heterocycles. The van der Waals surface area contributed by atoms with Crippen LogP contribution in [-0.4, -0.2) is 28.4 Å². The van der Waals surface area contributed by atoms with Crippen LogP contribution in [0, 0.1) is 17.0 Å². The zero-order valence-corrected chi connectivity index (χ0v) is 14.1. The Bertz CT molecular complexity index is 777. The summed E-state index contributed by atoms with van der Waals surface area (Å²) in [5, 5.41) is 13.8. The summed E-state index contributed by atoms with van der Waals surface area (Å²) in [6.45, 7) is 2.40. The molecule has 1 unspecified atom stereocenters. The number of likely N-dealkylation sites (tertiary alicyclic amines) is 1. The van der Waals surface area contributed by atoms with Gasteiger partial charge in [-0.1, -0.05) is 30.3 Å². The first-order chi connectivity index (χ1) is 12.0. The van der Waals surface area contributed by atoms with E-state index in [9.17, 15) is 14.9 Å². The van der Waals surface area contributed by atoms with Crippen molar-refractivity contribution in [1.29, 1.82) is 0 Å². The molecule has 130 valence electrons. The van der Waals surface area contributed by atoms with E-state index < -0.39 is 4.92 Å². The molecule has 0 saturated carbocycles. The van der Waals surface area contributed by atoms with Gasteiger partial charge in [-0.3, -0.25) is 10.1 Å². The molecule has 25 heavy (non-hydrogen) atoms. The number of benzene rings is 2. The molecule has 2 amide bonds. The fraction of sp³-hybridized carbons (Fsp3) is 0.316. The van der Waals surface area contributed by atoms with Gasteiger partial charge in [0.25, 0.3) is 5.69 Å². The third-order valence-corrected chi connectivity index (χ3v) is 4.60. The van der Waals surface area contributed by atoms with E-state index in [1.165, 1.54) is 11.6 Å². The summed E-state index contributed by atoms with van der Waals surface area (Å²) < 4.78 is 0. The molecule has 1 saturated heterocycles. The number of nitro benzene ring substituents is 1. The van der Waals surface area contributed by atoms with Crippen LogP contribution in [0.2, 0.25) is 0 Å². The Hall–Kier alpha value is -2.89. The number of rotatable bonds is 4. The number of hydrogen-bond donors (Lipinski definition) is 1. The molecule has 3 rings (SSSR count). The third kappa shape index (κ3) is 3.96. The fourth-order valence-corrected chi connectivity index (χ4v) is 3.33. The zero-order chi connectivity index (χ0) is 17.8. The van der Waals surface area contributed by atoms with Crippen LogP contribution in [0.4, 0.5) is 16.2 Å². The van der Waals surface area contributed by atoms with Gasteiger partial charge in [0.15, 0.2) is 0 Å². The summed E-state index contributed by atoms with van der Waals surface area (Å²) in [5.41, 5.74) is 2.39. The van der Waals surface area contributed by atoms with Crippen molar-refractivity contribution in [1.82, 2.24) is 4.90 Å². The Kier molecular flexibility index (Phi) is 4.97. The molecule has 1 fully saturated rings. The Morgan fingerprint density at radius 2 is 2.04 bits per heavy atom. The molecule has 0 aromatic heterocycles. The van der Waals surface area contributed by atoms with E-state index in [1.54, 1.807) is 19.1 Å². The maximum atomic E-state index is 12.6. The molecule has 2 aromatic rings. The van der Waals surface area contributed by atoms with Crippen LogP contribution >= 0.6 is 0 Å². The highest BCUT2D eigenvalue weighted by Gasteiger charge is 2.29. The quantitative estimate of drug-likeness (QED) is 0.672. The van der Waals surface area contributed by atoms with Gasteiger partial charge < -0.3 is 10.2 Å². The minimum absolute atomic E-state index is 0.0566. The Morgan fingerprint density at radius 3 is 2.72 bits per heavy atom. The lowest BCUT2D eigenvalue weighted by Crippen LogP contribution is -2.39. The van der Waals surface area contributed by atoms with Gasteiger partial charge in [0.2, 0.25) is 0 Å². The minimum atomic E-state index is -0.419. The summed E-state index contributed by atoms with van der Waals surface area (Å²) in [5.74, 6) is 0. The predicted molar refractivity (Wildman–Crippen MR) is 96.7 cm³/mol. The van der Waals surface area contributed by atoms with E-state index in [0.29, 0.717) is 11.3 Å². The molecule has 0 bridgehead atoms. The molecule has 1 N–H and O–H groups in total. The van der Waals surface area contributed by atoms with E-state index in [-0.39, 0.29) is 17.8 Å². The van der Waals surface area contributed by atoms with Crippen LogP contribution in [0.25, 0.3) is 0 Å². The second-order valence-corrected chi connectivity index (χ2v) is 6.37. The average molecular weight is 339 g/mol. The molecule has 6 nitrogen and oxygen atoms in total. The number of carbonyl (C=O) groups is 1. The highest BCUT2D eigenvalue weighted by Crippen LogP contribution is 2.24. The molecule has 0 radical (unpaired) electrons. The molecule has 0 aliphatic carbocycles. The standard InChI is InChI=1S/C19H21N3O3/c1-14-12-16(9-10-18(14)22(24)25)20-19(23)21-11-5-8-17(21)13-15-6-3-2-4-7-15/h2-4,6-7,9-10,12,17H,5,8,11,13H2,1H3,(H,20,23). The number of hydrogen-bond acceptors (Lipinski definition) is 3. The van der Waals surface area contributed by atoms with E-state index in [1.807, 2.05) is 23.1 Å². The number of nitrogens with one attached hydrogen (secondary N) is 1. The van der Waals surface area contributed by atoms with Gasteiger partial charge in [0, 0.05) is 29.9 Å². The van der Waals surface area contributed by atoms with Crippen LogP contribution in [0.1, 0.15) is 24.0 Å². The maximum Gasteiger partial charge on any atom is 0.322 e. The van der Waals surface area contributed by atoms with E-state index in [0.717, 1.165) is 25.8 Å². The first kappa shape index (κ1) is 17.0. The highest BCUT2D eigenvalue weighted by atomic mass is 16.6. The largest absolute Gasteiger partial charge is 0.322 e. The van der Waals surface area contributed by atoms with Gasteiger partial charge in [-0.2, -0.15) is 0 Å². The molecule has 6 heteroatoms. The molecule has 1 heterocycles. The Morgan fingerprint density at radius 1 is 1.28 bits per heavy atom. The van der Waals surface area contributed by atoms with E-state index in [4.69, 9.17) is 0 Å². The number of anilines is 1. The number of carbonyl (C=O) groups excluding carboxylic acids is 1. The van der Waals surface area contributed by atoms with Crippen LogP contribution in [-0.2, 0) is 6.42 Å². The number of urea groups is 1. The lowest BCUT2D eigenvalue weighted by Gasteiger charge is -2.25. The zero-order valence-electron chi connectivity index (χ0n) is 14.1. The number of amides is 2. The van der Waals surface area contributed by atoms with Crippen molar-refractivity contribution in [3.05, 3.63) is 69.8 Å². The van der Waals surface area contributed by atoms with Gasteiger partial charge in [-0.25, -0.2) is 4.79 Å². The monoisotopic (exact) mass is 339 g/mol. The first-order valence-corrected chi connectivity index (χ1v) is 8.41. The van der Waals surface area contributed by atoms with Crippen molar-refractivity contribution >= 4 is 17.4 Å². The lowest BCUT2D eigenvalue weighted by molar-refractivity contribution is -0.385. The van der Waals surface area contributed by atoms with Crippen LogP contribution < -0.4 is 5.32 Å². The van der Waals surface area contributed by atoms with Crippen molar-refractivity contribution < 1.29 is 9.72 Å². The summed E-state index contributed by atoms with van der Waals surface area (Å²) in [4.78, 5) is 25.0. The summed E-state index contributed by atoms with van der Waals surface area (Å²) in [7, 11) is 0. The fourth-order valence-electron chi connectivity index (χ4n) is 3.33. The second-order valence-electron chi connectivity index (χ2n) is 6.37. The maximum absolute atomic E-state index is 12.6.